The molecule has 7 nitrogen and oxygen atoms in total. The van der Waals surface area contributed by atoms with Gasteiger partial charge in [0, 0.05) is 14.1 Å². The zero-order chi connectivity index (χ0) is 16.2. The van der Waals surface area contributed by atoms with Crippen LogP contribution in [0, 0.1) is 5.82 Å². The largest absolute Gasteiger partial charge is 0.478 e. The van der Waals surface area contributed by atoms with Crippen LogP contribution in [-0.2, 0) is 4.79 Å². The molecule has 0 aliphatic rings. The van der Waals surface area contributed by atoms with Crippen LogP contribution < -0.4 is 10.6 Å². The van der Waals surface area contributed by atoms with Crippen LogP contribution in [-0.4, -0.2) is 48.1 Å². The Morgan fingerprint density at radius 2 is 1.90 bits per heavy atom. The molecule has 3 amide bonds. The lowest BCUT2D eigenvalue weighted by Gasteiger charge is -2.18. The number of carboxylic acids is 1. The highest BCUT2D eigenvalue weighted by Crippen LogP contribution is 2.16. The van der Waals surface area contributed by atoms with E-state index in [-0.39, 0.29) is 17.2 Å². The van der Waals surface area contributed by atoms with Crippen LogP contribution in [0.4, 0.5) is 14.9 Å². The Bertz CT molecular complexity index is 575. The van der Waals surface area contributed by atoms with Crippen molar-refractivity contribution < 1.29 is 23.9 Å². The number of hydrogen-bond acceptors (Lipinski definition) is 3. The molecule has 0 heterocycles. The molecule has 0 saturated heterocycles. The lowest BCUT2D eigenvalue weighted by Crippen LogP contribution is -2.45. The van der Waals surface area contributed by atoms with Gasteiger partial charge in [0.25, 0.3) is 0 Å². The number of halogens is 1. The van der Waals surface area contributed by atoms with Crippen molar-refractivity contribution in [1.82, 2.24) is 10.2 Å². The van der Waals surface area contributed by atoms with Crippen molar-refractivity contribution in [3.63, 3.8) is 0 Å². The number of nitrogens with zero attached hydrogens (tertiary/aromatic N) is 1. The Morgan fingerprint density at radius 3 is 2.43 bits per heavy atom. The van der Waals surface area contributed by atoms with Gasteiger partial charge in [-0.3, -0.25) is 4.79 Å². The first-order valence-electron chi connectivity index (χ1n) is 6.04. The molecule has 1 atom stereocenters. The number of carboxylic acid groups (broad SMARTS) is 1. The number of amides is 3. The van der Waals surface area contributed by atoms with Crippen molar-refractivity contribution in [2.24, 2.45) is 0 Å². The van der Waals surface area contributed by atoms with Gasteiger partial charge in [-0.2, -0.15) is 0 Å². The van der Waals surface area contributed by atoms with Crippen molar-refractivity contribution in [2.45, 2.75) is 13.0 Å². The zero-order valence-corrected chi connectivity index (χ0v) is 11.8. The van der Waals surface area contributed by atoms with Crippen molar-refractivity contribution >= 4 is 23.6 Å². The van der Waals surface area contributed by atoms with E-state index >= 15 is 0 Å². The number of benzene rings is 1. The number of carbonyl (C=O) groups excluding carboxylic acids is 2. The van der Waals surface area contributed by atoms with Gasteiger partial charge in [0.15, 0.2) is 0 Å². The molecule has 0 fully saturated rings. The van der Waals surface area contributed by atoms with Crippen molar-refractivity contribution in [3.8, 4) is 0 Å². The van der Waals surface area contributed by atoms with E-state index in [1.165, 1.54) is 25.9 Å². The van der Waals surface area contributed by atoms with Crippen LogP contribution in [0.25, 0.3) is 0 Å². The number of urea groups is 1. The highest BCUT2D eigenvalue weighted by molar-refractivity contribution is 5.95. The summed E-state index contributed by atoms with van der Waals surface area (Å²) in [5.74, 6) is -2.35. The maximum absolute atomic E-state index is 13.5. The molecule has 0 saturated carbocycles. The number of hydrogen-bond donors (Lipinski definition) is 3. The second-order valence-corrected chi connectivity index (χ2v) is 4.55. The van der Waals surface area contributed by atoms with Gasteiger partial charge >= 0.3 is 12.0 Å². The Kier molecular flexibility index (Phi) is 5.23. The molecular formula is C13H16FN3O4. The number of rotatable bonds is 4. The topological polar surface area (TPSA) is 98.7 Å². The normalized spacial score (nSPS) is 11.4. The second kappa shape index (κ2) is 6.69. The van der Waals surface area contributed by atoms with Crippen LogP contribution in [0.15, 0.2) is 18.2 Å². The van der Waals surface area contributed by atoms with Crippen molar-refractivity contribution in [3.05, 3.63) is 29.6 Å². The van der Waals surface area contributed by atoms with E-state index in [9.17, 15) is 18.8 Å². The Hall–Kier alpha value is -2.64. The second-order valence-electron chi connectivity index (χ2n) is 4.55. The molecule has 8 heteroatoms. The predicted molar refractivity (Wildman–Crippen MR) is 73.7 cm³/mol. The average molecular weight is 297 g/mol. The molecule has 0 aliphatic heterocycles. The molecule has 0 aromatic heterocycles. The third-order valence-corrected chi connectivity index (χ3v) is 2.62. The summed E-state index contributed by atoms with van der Waals surface area (Å²) in [6.45, 7) is 1.48. The van der Waals surface area contributed by atoms with Crippen LogP contribution >= 0.6 is 0 Å². The van der Waals surface area contributed by atoms with Gasteiger partial charge in [-0.15, -0.1) is 0 Å². The van der Waals surface area contributed by atoms with Crippen LogP contribution in [0.1, 0.15) is 17.3 Å². The SMILES string of the molecule is CC(NC(=O)Nc1cc(C(=O)O)ccc1F)C(=O)N(C)C. The van der Waals surface area contributed by atoms with Crippen LogP contribution in [0.2, 0.25) is 0 Å². The number of nitrogens with one attached hydrogen (secondary N) is 2. The quantitative estimate of drug-likeness (QED) is 0.775. The summed E-state index contributed by atoms with van der Waals surface area (Å²) in [5, 5.41) is 13.3. The molecule has 114 valence electrons. The molecule has 0 spiro atoms. The molecular weight excluding hydrogens is 281 g/mol. The lowest BCUT2D eigenvalue weighted by molar-refractivity contribution is -0.130. The van der Waals surface area contributed by atoms with Crippen molar-refractivity contribution in [1.29, 1.82) is 0 Å². The molecule has 0 aliphatic carbocycles. The van der Waals surface area contributed by atoms with E-state index in [0.717, 1.165) is 18.2 Å². The zero-order valence-electron chi connectivity index (χ0n) is 11.8. The average Bonchev–Trinajstić information content (AvgIpc) is 2.39. The monoisotopic (exact) mass is 297 g/mol. The van der Waals surface area contributed by atoms with Gasteiger partial charge in [-0.25, -0.2) is 14.0 Å². The highest BCUT2D eigenvalue weighted by atomic mass is 19.1. The molecule has 1 unspecified atom stereocenters. The number of aromatic carboxylic acids is 1. The summed E-state index contributed by atoms with van der Waals surface area (Å²) in [5.41, 5.74) is -0.444. The van der Waals surface area contributed by atoms with E-state index in [2.05, 4.69) is 10.6 Å². The summed E-state index contributed by atoms with van der Waals surface area (Å²) in [6, 6.07) is 1.41. The summed E-state index contributed by atoms with van der Waals surface area (Å²) in [7, 11) is 3.07. The summed E-state index contributed by atoms with van der Waals surface area (Å²) in [4.78, 5) is 35.3. The van der Waals surface area contributed by atoms with Gasteiger partial charge in [0.2, 0.25) is 5.91 Å². The predicted octanol–water partition coefficient (Wildman–Crippen LogP) is 1.12. The van der Waals surface area contributed by atoms with Gasteiger partial charge in [0.1, 0.15) is 11.9 Å². The molecule has 21 heavy (non-hydrogen) atoms. The van der Waals surface area contributed by atoms with E-state index < -0.39 is 23.9 Å². The summed E-state index contributed by atoms with van der Waals surface area (Å²) >= 11 is 0. The van der Waals surface area contributed by atoms with Gasteiger partial charge in [-0.05, 0) is 25.1 Å². The molecule has 3 N–H and O–H groups in total. The highest BCUT2D eigenvalue weighted by Gasteiger charge is 2.18. The fourth-order valence-electron chi connectivity index (χ4n) is 1.56. The molecule has 1 rings (SSSR count). The maximum Gasteiger partial charge on any atom is 0.335 e. The third kappa shape index (κ3) is 4.44. The van der Waals surface area contributed by atoms with Gasteiger partial charge < -0.3 is 20.6 Å². The maximum atomic E-state index is 13.5. The fourth-order valence-corrected chi connectivity index (χ4v) is 1.56. The van der Waals surface area contributed by atoms with E-state index in [1.807, 2.05) is 0 Å². The minimum absolute atomic E-state index is 0.163. The molecule has 0 radical (unpaired) electrons. The first-order valence-corrected chi connectivity index (χ1v) is 6.04. The van der Waals surface area contributed by atoms with Gasteiger partial charge in [-0.1, -0.05) is 0 Å². The summed E-state index contributed by atoms with van der Waals surface area (Å²) in [6.07, 6.45) is 0. The minimum Gasteiger partial charge on any atom is -0.478 e. The van der Waals surface area contributed by atoms with Gasteiger partial charge in [0.05, 0.1) is 11.3 Å². The number of likely N-dealkylation sites (N-methyl/N-ethyl adjacent to an activating group) is 1. The first kappa shape index (κ1) is 16.4. The number of carbonyl (C=O) groups is 3. The lowest BCUT2D eigenvalue weighted by atomic mass is 10.2. The molecule has 1 aromatic rings. The third-order valence-electron chi connectivity index (χ3n) is 2.62. The Morgan fingerprint density at radius 1 is 1.29 bits per heavy atom. The van der Waals surface area contributed by atoms with E-state index in [0.29, 0.717) is 0 Å². The van der Waals surface area contributed by atoms with Crippen LogP contribution in [0.5, 0.6) is 0 Å². The van der Waals surface area contributed by atoms with E-state index in [4.69, 9.17) is 5.11 Å². The number of anilines is 1. The van der Waals surface area contributed by atoms with E-state index in [1.54, 1.807) is 0 Å². The first-order chi connectivity index (χ1) is 9.72. The van der Waals surface area contributed by atoms with Crippen LogP contribution in [0.3, 0.4) is 0 Å². The standard InChI is InChI=1S/C13H16FN3O4/c1-7(11(18)17(2)3)15-13(21)16-10-6-8(12(19)20)4-5-9(10)14/h4-7H,1-3H3,(H,19,20)(H2,15,16,21). The minimum atomic E-state index is -1.24. The molecule has 0 bridgehead atoms. The Balaban J connectivity index is 2.77. The molecule has 1 aromatic carbocycles. The Labute approximate surface area is 120 Å². The summed E-state index contributed by atoms with van der Waals surface area (Å²) < 4.78 is 13.5. The fraction of sp³-hybridized carbons (Fsp3) is 0.308. The smallest absolute Gasteiger partial charge is 0.335 e. The van der Waals surface area contributed by atoms with Crippen molar-refractivity contribution in [2.75, 3.05) is 19.4 Å².